The summed E-state index contributed by atoms with van der Waals surface area (Å²) in [7, 11) is -3.53. The lowest BCUT2D eigenvalue weighted by atomic mass is 9.67. The minimum Gasteiger partial charge on any atom is -0.369 e. The van der Waals surface area contributed by atoms with Crippen LogP contribution in [0.1, 0.15) is 22.3 Å². The van der Waals surface area contributed by atoms with Crippen molar-refractivity contribution in [3.05, 3.63) is 82.9 Å². The molecule has 0 fully saturated rings. The Labute approximate surface area is 193 Å². The maximum Gasteiger partial charge on any atom is 0.177 e. The number of hydrogen-bond acceptors (Lipinski definition) is 2. The second-order valence-electron chi connectivity index (χ2n) is 10.7. The SMILES string of the molecule is C[Si](C)(C)C#CC1(O)c2ccccc2C(O)(C#C[Si](C)(C)C)c2cc3ccccc3cc21. The van der Waals surface area contributed by atoms with Gasteiger partial charge in [0.25, 0.3) is 0 Å². The molecular formula is C28H30O2Si2. The summed E-state index contributed by atoms with van der Waals surface area (Å²) in [6.07, 6.45) is 0. The van der Waals surface area contributed by atoms with E-state index in [1.165, 1.54) is 0 Å². The Morgan fingerprint density at radius 2 is 0.906 bits per heavy atom. The molecular weight excluding hydrogens is 424 g/mol. The van der Waals surface area contributed by atoms with Gasteiger partial charge >= 0.3 is 0 Å². The van der Waals surface area contributed by atoms with Crippen molar-refractivity contribution in [2.45, 2.75) is 50.5 Å². The van der Waals surface area contributed by atoms with Gasteiger partial charge in [0.05, 0.1) is 0 Å². The standard InChI is InChI=1S/C28H30O2Si2/c1-31(2,3)17-15-27(29)23-13-9-10-14-24(23)28(30,16-18-32(4,5)6)26-20-22-12-8-7-11-21(22)19-25(26)27/h7-14,19-20,29-30H,1-6H3. The van der Waals surface area contributed by atoms with Crippen LogP contribution in [0.25, 0.3) is 10.8 Å². The number of benzene rings is 3. The first-order valence-electron chi connectivity index (χ1n) is 11.0. The van der Waals surface area contributed by atoms with Gasteiger partial charge in [-0.05, 0) is 22.9 Å². The van der Waals surface area contributed by atoms with E-state index >= 15 is 0 Å². The molecule has 0 aromatic heterocycles. The van der Waals surface area contributed by atoms with Crippen LogP contribution in [0.4, 0.5) is 0 Å². The molecule has 162 valence electrons. The summed E-state index contributed by atoms with van der Waals surface area (Å²) >= 11 is 0. The molecule has 0 spiro atoms. The highest BCUT2D eigenvalue weighted by molar-refractivity contribution is 6.84. The zero-order valence-corrected chi connectivity index (χ0v) is 21.7. The molecule has 1 aliphatic rings. The Morgan fingerprint density at radius 1 is 0.562 bits per heavy atom. The molecule has 0 heterocycles. The molecule has 0 aliphatic heterocycles. The molecule has 3 aromatic rings. The fraction of sp³-hybridized carbons (Fsp3) is 0.286. The average Bonchev–Trinajstić information content (AvgIpc) is 2.73. The van der Waals surface area contributed by atoms with Crippen LogP contribution in [-0.2, 0) is 11.2 Å². The van der Waals surface area contributed by atoms with Gasteiger partial charge in [-0.25, -0.2) is 0 Å². The van der Waals surface area contributed by atoms with Crippen LogP contribution < -0.4 is 0 Å². The van der Waals surface area contributed by atoms with Crippen molar-refractivity contribution < 1.29 is 10.2 Å². The van der Waals surface area contributed by atoms with Crippen molar-refractivity contribution in [1.29, 1.82) is 0 Å². The van der Waals surface area contributed by atoms with Crippen molar-refractivity contribution in [2.75, 3.05) is 0 Å². The monoisotopic (exact) mass is 454 g/mol. The summed E-state index contributed by atoms with van der Waals surface area (Å²) in [5.74, 6) is 6.48. The van der Waals surface area contributed by atoms with E-state index in [4.69, 9.17) is 0 Å². The summed E-state index contributed by atoms with van der Waals surface area (Å²) in [6.45, 7) is 13.0. The van der Waals surface area contributed by atoms with Gasteiger partial charge in [-0.1, -0.05) is 99.7 Å². The number of aliphatic hydroxyl groups is 2. The van der Waals surface area contributed by atoms with E-state index in [9.17, 15) is 10.2 Å². The van der Waals surface area contributed by atoms with Gasteiger partial charge in [0.2, 0.25) is 0 Å². The van der Waals surface area contributed by atoms with Crippen molar-refractivity contribution in [3.8, 4) is 22.9 Å². The number of fused-ring (bicyclic) bond motifs is 3. The van der Waals surface area contributed by atoms with Crippen LogP contribution in [0.2, 0.25) is 39.3 Å². The molecule has 2 unspecified atom stereocenters. The molecule has 32 heavy (non-hydrogen) atoms. The first kappa shape index (κ1) is 22.6. The third-order valence-electron chi connectivity index (χ3n) is 5.61. The molecule has 0 saturated carbocycles. The Hall–Kier alpha value is -2.61. The molecule has 0 bridgehead atoms. The zero-order valence-electron chi connectivity index (χ0n) is 19.7. The highest BCUT2D eigenvalue weighted by Crippen LogP contribution is 2.48. The summed E-state index contributed by atoms with van der Waals surface area (Å²) in [5.41, 5.74) is 6.19. The molecule has 2 N–H and O–H groups in total. The lowest BCUT2D eigenvalue weighted by Crippen LogP contribution is -2.42. The largest absolute Gasteiger partial charge is 0.369 e. The molecule has 1 aliphatic carbocycles. The van der Waals surface area contributed by atoms with Crippen LogP contribution in [0, 0.1) is 22.9 Å². The molecule has 0 radical (unpaired) electrons. The van der Waals surface area contributed by atoms with Crippen molar-refractivity contribution in [2.24, 2.45) is 0 Å². The normalized spacial score (nSPS) is 22.1. The summed E-state index contributed by atoms with van der Waals surface area (Å²) in [4.78, 5) is 0. The predicted molar refractivity (Wildman–Crippen MR) is 139 cm³/mol. The van der Waals surface area contributed by atoms with E-state index < -0.39 is 27.3 Å². The number of rotatable bonds is 0. The molecule has 4 heteroatoms. The lowest BCUT2D eigenvalue weighted by molar-refractivity contribution is 0.0947. The van der Waals surface area contributed by atoms with Gasteiger partial charge in [0.1, 0.15) is 16.1 Å². The lowest BCUT2D eigenvalue weighted by Gasteiger charge is -2.40. The maximum absolute atomic E-state index is 12.2. The Kier molecular flexibility index (Phi) is 5.27. The second kappa shape index (κ2) is 7.47. The van der Waals surface area contributed by atoms with Gasteiger partial charge in [-0.15, -0.1) is 11.1 Å². The topological polar surface area (TPSA) is 40.5 Å². The Morgan fingerprint density at radius 3 is 1.25 bits per heavy atom. The summed E-state index contributed by atoms with van der Waals surface area (Å²) in [5, 5.41) is 26.3. The Balaban J connectivity index is 2.15. The molecule has 2 atom stereocenters. The minimum absolute atomic E-state index is 0.612. The fourth-order valence-electron chi connectivity index (χ4n) is 4.07. The van der Waals surface area contributed by atoms with Gasteiger partial charge in [0, 0.05) is 22.3 Å². The van der Waals surface area contributed by atoms with Crippen LogP contribution in [-0.4, -0.2) is 26.4 Å². The molecule has 0 saturated heterocycles. The van der Waals surface area contributed by atoms with E-state index in [1.54, 1.807) is 0 Å². The van der Waals surface area contributed by atoms with Crippen molar-refractivity contribution >= 4 is 26.9 Å². The highest BCUT2D eigenvalue weighted by Gasteiger charge is 2.48. The van der Waals surface area contributed by atoms with E-state index in [2.05, 4.69) is 62.2 Å². The van der Waals surface area contributed by atoms with Crippen LogP contribution in [0.3, 0.4) is 0 Å². The van der Waals surface area contributed by atoms with Gasteiger partial charge in [-0.2, -0.15) is 0 Å². The van der Waals surface area contributed by atoms with Gasteiger partial charge < -0.3 is 10.2 Å². The van der Waals surface area contributed by atoms with Gasteiger partial charge in [-0.3, -0.25) is 0 Å². The second-order valence-corrected chi connectivity index (χ2v) is 20.2. The van der Waals surface area contributed by atoms with E-state index in [-0.39, 0.29) is 0 Å². The van der Waals surface area contributed by atoms with E-state index in [0.717, 1.165) is 10.8 Å². The number of hydrogen-bond donors (Lipinski definition) is 2. The predicted octanol–water partition coefficient (Wildman–Crippen LogP) is 5.39. The van der Waals surface area contributed by atoms with Crippen LogP contribution in [0.5, 0.6) is 0 Å². The van der Waals surface area contributed by atoms with Crippen LogP contribution in [0.15, 0.2) is 60.7 Å². The smallest absolute Gasteiger partial charge is 0.177 e. The maximum atomic E-state index is 12.2. The van der Waals surface area contributed by atoms with Crippen molar-refractivity contribution in [3.63, 3.8) is 0 Å². The summed E-state index contributed by atoms with van der Waals surface area (Å²) in [6, 6.07) is 19.5. The van der Waals surface area contributed by atoms with E-state index in [0.29, 0.717) is 22.3 Å². The molecule has 3 aromatic carbocycles. The fourth-order valence-corrected chi connectivity index (χ4v) is 5.18. The molecule has 2 nitrogen and oxygen atoms in total. The Bertz CT molecular complexity index is 1240. The minimum atomic E-state index is -1.77. The zero-order chi connectivity index (χ0) is 23.4. The first-order valence-corrected chi connectivity index (χ1v) is 18.0. The third-order valence-corrected chi connectivity index (χ3v) is 7.36. The first-order chi connectivity index (χ1) is 14.8. The molecule has 0 amide bonds. The van der Waals surface area contributed by atoms with E-state index in [1.807, 2.05) is 60.7 Å². The van der Waals surface area contributed by atoms with Crippen molar-refractivity contribution in [1.82, 2.24) is 0 Å². The average molecular weight is 455 g/mol. The third kappa shape index (κ3) is 3.96. The van der Waals surface area contributed by atoms with Crippen LogP contribution >= 0.6 is 0 Å². The summed E-state index contributed by atoms with van der Waals surface area (Å²) < 4.78 is 0. The van der Waals surface area contributed by atoms with Gasteiger partial charge in [0.15, 0.2) is 11.2 Å². The molecule has 4 rings (SSSR count). The quantitative estimate of drug-likeness (QED) is 0.353. The highest BCUT2D eigenvalue weighted by atomic mass is 28.3.